The minimum atomic E-state index is -0.296. The van der Waals surface area contributed by atoms with E-state index in [2.05, 4.69) is 19.0 Å². The Morgan fingerprint density at radius 1 is 1.22 bits per heavy atom. The van der Waals surface area contributed by atoms with E-state index in [-0.39, 0.29) is 11.4 Å². The molecule has 0 heterocycles. The molecule has 0 aromatic heterocycles. The van der Waals surface area contributed by atoms with E-state index in [1.54, 1.807) is 7.11 Å². The highest BCUT2D eigenvalue weighted by Gasteiger charge is 2.43. The molecule has 3 heteroatoms. The van der Waals surface area contributed by atoms with E-state index < -0.39 is 0 Å². The molecule has 1 fully saturated rings. The summed E-state index contributed by atoms with van der Waals surface area (Å²) < 4.78 is 19.0. The van der Waals surface area contributed by atoms with Crippen LogP contribution >= 0.6 is 0 Å². The average Bonchev–Trinajstić information content (AvgIpc) is 2.39. The molecule has 1 aliphatic rings. The molecule has 0 bridgehead atoms. The number of rotatable bonds is 3. The third-order valence-electron chi connectivity index (χ3n) is 4.13. The monoisotopic (exact) mass is 251 g/mol. The van der Waals surface area contributed by atoms with Crippen LogP contribution < -0.4 is 0 Å². The van der Waals surface area contributed by atoms with Gasteiger partial charge in [-0.3, -0.25) is 0 Å². The number of benzene rings is 1. The van der Waals surface area contributed by atoms with Crippen molar-refractivity contribution in [1.29, 1.82) is 0 Å². The maximum absolute atomic E-state index is 13.1. The largest absolute Gasteiger partial charge is 0.372 e. The van der Waals surface area contributed by atoms with Crippen molar-refractivity contribution in [3.63, 3.8) is 0 Å². The Hall–Kier alpha value is -0.930. The van der Waals surface area contributed by atoms with Crippen molar-refractivity contribution < 1.29 is 9.13 Å². The van der Waals surface area contributed by atoms with Crippen LogP contribution in [0.2, 0.25) is 0 Å². The topological polar surface area (TPSA) is 12.5 Å². The lowest BCUT2D eigenvalue weighted by atomic mass is 9.75. The van der Waals surface area contributed by atoms with Crippen LogP contribution in [0.3, 0.4) is 0 Å². The molecule has 1 aromatic carbocycles. The van der Waals surface area contributed by atoms with E-state index in [9.17, 15) is 4.39 Å². The van der Waals surface area contributed by atoms with Gasteiger partial charge in [0.15, 0.2) is 0 Å². The van der Waals surface area contributed by atoms with E-state index in [0.29, 0.717) is 6.04 Å². The highest BCUT2D eigenvalue weighted by atomic mass is 19.1. The van der Waals surface area contributed by atoms with Crippen LogP contribution in [0, 0.1) is 5.82 Å². The third kappa shape index (κ3) is 2.29. The maximum atomic E-state index is 13.1. The minimum absolute atomic E-state index is 0.192. The predicted molar refractivity (Wildman–Crippen MR) is 71.0 cm³/mol. The number of likely N-dealkylation sites (N-methyl/N-ethyl adjacent to an activating group) is 1. The van der Waals surface area contributed by atoms with Crippen molar-refractivity contribution in [3.8, 4) is 0 Å². The minimum Gasteiger partial charge on any atom is -0.372 e. The van der Waals surface area contributed by atoms with Crippen molar-refractivity contribution >= 4 is 0 Å². The molecule has 0 radical (unpaired) electrons. The lowest BCUT2D eigenvalue weighted by molar-refractivity contribution is -0.0976. The molecule has 2 unspecified atom stereocenters. The van der Waals surface area contributed by atoms with Crippen molar-refractivity contribution in [1.82, 2.24) is 4.90 Å². The van der Waals surface area contributed by atoms with Crippen molar-refractivity contribution in [2.45, 2.75) is 37.3 Å². The summed E-state index contributed by atoms with van der Waals surface area (Å²) in [6.45, 7) is 0. The first-order chi connectivity index (χ1) is 8.60. The van der Waals surface area contributed by atoms with Crippen LogP contribution in [-0.4, -0.2) is 32.1 Å². The molecule has 2 rings (SSSR count). The van der Waals surface area contributed by atoms with Crippen LogP contribution in [0.25, 0.3) is 0 Å². The summed E-state index contributed by atoms with van der Waals surface area (Å²) >= 11 is 0. The van der Waals surface area contributed by atoms with Crippen LogP contribution in [0.1, 0.15) is 31.2 Å². The van der Waals surface area contributed by atoms with E-state index in [1.165, 1.54) is 18.6 Å². The van der Waals surface area contributed by atoms with Gasteiger partial charge in [-0.1, -0.05) is 25.0 Å². The molecular weight excluding hydrogens is 229 g/mol. The van der Waals surface area contributed by atoms with Gasteiger partial charge in [0.2, 0.25) is 0 Å². The van der Waals surface area contributed by atoms with E-state index in [0.717, 1.165) is 24.8 Å². The van der Waals surface area contributed by atoms with Gasteiger partial charge in [0, 0.05) is 13.2 Å². The molecule has 1 aromatic rings. The van der Waals surface area contributed by atoms with Crippen molar-refractivity contribution in [2.24, 2.45) is 0 Å². The first-order valence-electron chi connectivity index (χ1n) is 6.58. The van der Waals surface area contributed by atoms with E-state index in [4.69, 9.17) is 4.74 Å². The number of halogens is 1. The summed E-state index contributed by atoms with van der Waals surface area (Å²) in [5, 5.41) is 0. The molecule has 2 nitrogen and oxygen atoms in total. The standard InChI is InChI=1S/C15H22FNO/c1-17(2)14-6-4-5-11-15(14,18-3)12-7-9-13(16)10-8-12/h7-10,14H,4-6,11H2,1-3H3. The molecular formula is C15H22FNO. The van der Waals surface area contributed by atoms with Gasteiger partial charge in [-0.25, -0.2) is 4.39 Å². The zero-order valence-electron chi connectivity index (χ0n) is 11.4. The molecule has 0 N–H and O–H groups in total. The average molecular weight is 251 g/mol. The van der Waals surface area contributed by atoms with E-state index in [1.807, 2.05) is 12.1 Å². The molecule has 18 heavy (non-hydrogen) atoms. The Morgan fingerprint density at radius 3 is 2.44 bits per heavy atom. The normalized spacial score (nSPS) is 28.6. The molecule has 1 saturated carbocycles. The fourth-order valence-electron chi connectivity index (χ4n) is 3.23. The predicted octanol–water partition coefficient (Wildman–Crippen LogP) is 3.17. The second-order valence-corrected chi connectivity index (χ2v) is 5.33. The first kappa shape index (κ1) is 13.5. The van der Waals surface area contributed by atoms with Gasteiger partial charge in [-0.2, -0.15) is 0 Å². The number of hydrogen-bond donors (Lipinski definition) is 0. The van der Waals surface area contributed by atoms with Gasteiger partial charge in [0.05, 0.1) is 0 Å². The van der Waals surface area contributed by atoms with Crippen LogP contribution in [0.4, 0.5) is 4.39 Å². The number of hydrogen-bond acceptors (Lipinski definition) is 2. The Labute approximate surface area is 109 Å². The summed E-state index contributed by atoms with van der Waals surface area (Å²) in [5.41, 5.74) is 0.792. The summed E-state index contributed by atoms with van der Waals surface area (Å²) in [7, 11) is 5.95. The molecule has 0 amide bonds. The summed E-state index contributed by atoms with van der Waals surface area (Å²) in [5.74, 6) is -0.192. The van der Waals surface area contributed by atoms with Crippen LogP contribution in [0.15, 0.2) is 24.3 Å². The van der Waals surface area contributed by atoms with Gasteiger partial charge in [0.25, 0.3) is 0 Å². The number of methoxy groups -OCH3 is 1. The molecule has 0 saturated heterocycles. The quantitative estimate of drug-likeness (QED) is 0.818. The lowest BCUT2D eigenvalue weighted by Crippen LogP contribution is -2.51. The fraction of sp³-hybridized carbons (Fsp3) is 0.600. The summed E-state index contributed by atoms with van der Waals surface area (Å²) in [6, 6.07) is 7.12. The molecule has 0 spiro atoms. The van der Waals surface area contributed by atoms with Gasteiger partial charge in [-0.15, -0.1) is 0 Å². The zero-order valence-corrected chi connectivity index (χ0v) is 11.4. The number of ether oxygens (including phenoxy) is 1. The summed E-state index contributed by atoms with van der Waals surface area (Å²) in [6.07, 6.45) is 4.51. The zero-order chi connectivity index (χ0) is 13.2. The number of nitrogens with zero attached hydrogens (tertiary/aromatic N) is 1. The lowest BCUT2D eigenvalue weighted by Gasteiger charge is -2.46. The Balaban J connectivity index is 2.40. The third-order valence-corrected chi connectivity index (χ3v) is 4.13. The Kier molecular flexibility index (Phi) is 4.03. The van der Waals surface area contributed by atoms with Crippen molar-refractivity contribution in [2.75, 3.05) is 21.2 Å². The summed E-state index contributed by atoms with van der Waals surface area (Å²) in [4.78, 5) is 2.23. The Bertz CT molecular complexity index is 390. The SMILES string of the molecule is COC1(c2ccc(F)cc2)CCCCC1N(C)C. The molecule has 1 aliphatic carbocycles. The Morgan fingerprint density at radius 2 is 1.89 bits per heavy atom. The van der Waals surface area contributed by atoms with Gasteiger partial charge in [-0.05, 0) is 44.6 Å². The van der Waals surface area contributed by atoms with Crippen LogP contribution in [-0.2, 0) is 10.3 Å². The molecule has 0 aliphatic heterocycles. The second-order valence-electron chi connectivity index (χ2n) is 5.33. The van der Waals surface area contributed by atoms with E-state index >= 15 is 0 Å². The van der Waals surface area contributed by atoms with Gasteiger partial charge >= 0.3 is 0 Å². The van der Waals surface area contributed by atoms with Crippen molar-refractivity contribution in [3.05, 3.63) is 35.6 Å². The highest BCUT2D eigenvalue weighted by molar-refractivity contribution is 5.26. The van der Waals surface area contributed by atoms with Gasteiger partial charge in [0.1, 0.15) is 11.4 Å². The smallest absolute Gasteiger partial charge is 0.123 e. The highest BCUT2D eigenvalue weighted by Crippen LogP contribution is 2.42. The van der Waals surface area contributed by atoms with Crippen LogP contribution in [0.5, 0.6) is 0 Å². The second kappa shape index (κ2) is 5.37. The fourth-order valence-corrected chi connectivity index (χ4v) is 3.23. The molecule has 100 valence electrons. The van der Waals surface area contributed by atoms with Gasteiger partial charge < -0.3 is 9.64 Å². The first-order valence-corrected chi connectivity index (χ1v) is 6.58. The maximum Gasteiger partial charge on any atom is 0.123 e. The molecule has 2 atom stereocenters.